The minimum Gasteiger partial charge on any atom is -0.497 e. The number of hydrogen-bond donors (Lipinski definition) is 0. The van der Waals surface area contributed by atoms with Crippen LogP contribution in [0.4, 0.5) is 5.69 Å². The Labute approximate surface area is 159 Å². The summed E-state index contributed by atoms with van der Waals surface area (Å²) in [6, 6.07) is 12.3. The third-order valence-corrected chi connectivity index (χ3v) is 8.13. The van der Waals surface area contributed by atoms with Crippen LogP contribution in [0.3, 0.4) is 0 Å². The van der Waals surface area contributed by atoms with Crippen LogP contribution in [0.5, 0.6) is 11.5 Å². The van der Waals surface area contributed by atoms with E-state index < -0.39 is 25.9 Å². The quantitative estimate of drug-likeness (QED) is 0.723. The van der Waals surface area contributed by atoms with Crippen molar-refractivity contribution < 1.29 is 26.3 Å². The van der Waals surface area contributed by atoms with Crippen molar-refractivity contribution in [2.75, 3.05) is 30.0 Å². The van der Waals surface area contributed by atoms with E-state index in [-0.39, 0.29) is 28.6 Å². The van der Waals surface area contributed by atoms with Gasteiger partial charge in [0.25, 0.3) is 10.0 Å². The highest BCUT2D eigenvalue weighted by molar-refractivity contribution is 7.93. The maximum Gasteiger partial charge on any atom is 0.268 e. The van der Waals surface area contributed by atoms with Gasteiger partial charge in [0.2, 0.25) is 0 Å². The molecular weight excluding hydrogens is 390 g/mol. The van der Waals surface area contributed by atoms with Crippen LogP contribution in [0.2, 0.25) is 0 Å². The molecule has 2 aromatic carbocycles. The lowest BCUT2D eigenvalue weighted by Gasteiger charge is -2.30. The lowest BCUT2D eigenvalue weighted by atomic mass is 10.2. The molecule has 1 atom stereocenters. The van der Waals surface area contributed by atoms with Gasteiger partial charge in [0.05, 0.1) is 37.5 Å². The van der Waals surface area contributed by atoms with Crippen LogP contribution >= 0.6 is 0 Å². The van der Waals surface area contributed by atoms with Crippen LogP contribution in [0, 0.1) is 0 Å². The zero-order chi connectivity index (χ0) is 19.7. The molecule has 0 aromatic heterocycles. The predicted molar refractivity (Wildman–Crippen MR) is 103 cm³/mol. The normalized spacial score (nSPS) is 18.8. The molecule has 1 aliphatic heterocycles. The SMILES string of the molecule is COc1ccc(S(=O)(=O)N(c2ccccc2)[C@@H]2CCS(=O)(=O)C2)c(OC)c1. The van der Waals surface area contributed by atoms with Gasteiger partial charge in [0.1, 0.15) is 16.4 Å². The van der Waals surface area contributed by atoms with Gasteiger partial charge in [-0.2, -0.15) is 0 Å². The van der Waals surface area contributed by atoms with Crippen LogP contribution < -0.4 is 13.8 Å². The molecule has 146 valence electrons. The standard InChI is InChI=1S/C18H21NO6S2/c1-24-16-8-9-18(17(12-16)25-2)27(22,23)19(14-6-4-3-5-7-14)15-10-11-26(20,21)13-15/h3-9,12,15H,10-11,13H2,1-2H3/t15-/m1/s1. The molecule has 0 bridgehead atoms. The number of benzene rings is 2. The van der Waals surface area contributed by atoms with E-state index in [1.54, 1.807) is 30.3 Å². The van der Waals surface area contributed by atoms with Crippen molar-refractivity contribution >= 4 is 25.5 Å². The Kier molecular flexibility index (Phi) is 5.34. The van der Waals surface area contributed by atoms with Crippen molar-refractivity contribution in [2.45, 2.75) is 17.4 Å². The highest BCUT2D eigenvalue weighted by Gasteiger charge is 2.40. The summed E-state index contributed by atoms with van der Waals surface area (Å²) in [5.74, 6) is 0.354. The lowest BCUT2D eigenvalue weighted by molar-refractivity contribution is 0.386. The number of hydrogen-bond acceptors (Lipinski definition) is 6. The van der Waals surface area contributed by atoms with E-state index in [1.165, 1.54) is 36.7 Å². The fourth-order valence-corrected chi connectivity index (χ4v) is 6.79. The summed E-state index contributed by atoms with van der Waals surface area (Å²) in [5.41, 5.74) is 0.414. The molecule has 0 amide bonds. The second-order valence-corrected chi connectivity index (χ2v) is 10.2. The van der Waals surface area contributed by atoms with E-state index in [0.717, 1.165) is 0 Å². The molecule has 27 heavy (non-hydrogen) atoms. The molecule has 0 aliphatic carbocycles. The number of sulfone groups is 1. The summed E-state index contributed by atoms with van der Waals surface area (Å²) in [6.07, 6.45) is 0.245. The number of rotatable bonds is 6. The first-order valence-electron chi connectivity index (χ1n) is 8.30. The second kappa shape index (κ2) is 7.40. The Morgan fingerprint density at radius 3 is 2.30 bits per heavy atom. The van der Waals surface area contributed by atoms with Crippen molar-refractivity contribution in [3.8, 4) is 11.5 Å². The van der Waals surface area contributed by atoms with Gasteiger partial charge in [-0.05, 0) is 30.7 Å². The predicted octanol–water partition coefficient (Wildman–Crippen LogP) is 2.09. The minimum absolute atomic E-state index is 0.0315. The van der Waals surface area contributed by atoms with Gasteiger partial charge in [-0.25, -0.2) is 16.8 Å². The van der Waals surface area contributed by atoms with E-state index in [0.29, 0.717) is 11.4 Å². The highest BCUT2D eigenvalue weighted by atomic mass is 32.2. The maximum absolute atomic E-state index is 13.5. The molecule has 1 heterocycles. The maximum atomic E-state index is 13.5. The summed E-state index contributed by atoms with van der Waals surface area (Å²) >= 11 is 0. The van der Waals surface area contributed by atoms with Crippen LogP contribution in [-0.4, -0.2) is 48.6 Å². The lowest BCUT2D eigenvalue weighted by Crippen LogP contribution is -2.41. The van der Waals surface area contributed by atoms with Crippen molar-refractivity contribution in [1.29, 1.82) is 0 Å². The summed E-state index contributed by atoms with van der Waals surface area (Å²) in [7, 11) is -4.49. The van der Waals surface area contributed by atoms with Crippen LogP contribution in [0.15, 0.2) is 53.4 Å². The Hall–Kier alpha value is -2.26. The van der Waals surface area contributed by atoms with Gasteiger partial charge in [-0.3, -0.25) is 4.31 Å². The first kappa shape index (κ1) is 19.5. The zero-order valence-corrected chi connectivity index (χ0v) is 16.7. The average Bonchev–Trinajstić information content (AvgIpc) is 3.01. The number of methoxy groups -OCH3 is 2. The van der Waals surface area contributed by atoms with Gasteiger partial charge in [-0.15, -0.1) is 0 Å². The van der Waals surface area contributed by atoms with Gasteiger partial charge in [0.15, 0.2) is 9.84 Å². The molecule has 7 nitrogen and oxygen atoms in total. The van der Waals surface area contributed by atoms with E-state index in [2.05, 4.69) is 0 Å². The summed E-state index contributed by atoms with van der Waals surface area (Å²) < 4.78 is 62.6. The fraction of sp³-hybridized carbons (Fsp3) is 0.333. The minimum atomic E-state index is -4.07. The molecule has 0 radical (unpaired) electrons. The van der Waals surface area contributed by atoms with Gasteiger partial charge >= 0.3 is 0 Å². The molecular formula is C18H21NO6S2. The van der Waals surface area contributed by atoms with E-state index in [1.807, 2.05) is 0 Å². The third-order valence-electron chi connectivity index (χ3n) is 4.46. The largest absolute Gasteiger partial charge is 0.497 e. The number of ether oxygens (including phenoxy) is 2. The Balaban J connectivity index is 2.14. The van der Waals surface area contributed by atoms with Crippen LogP contribution in [-0.2, 0) is 19.9 Å². The molecule has 9 heteroatoms. The van der Waals surface area contributed by atoms with E-state index in [4.69, 9.17) is 9.47 Å². The van der Waals surface area contributed by atoms with Crippen LogP contribution in [0.1, 0.15) is 6.42 Å². The van der Waals surface area contributed by atoms with Crippen molar-refractivity contribution in [3.05, 3.63) is 48.5 Å². The zero-order valence-electron chi connectivity index (χ0n) is 15.0. The van der Waals surface area contributed by atoms with Gasteiger partial charge < -0.3 is 9.47 Å². The van der Waals surface area contributed by atoms with Crippen molar-refractivity contribution in [1.82, 2.24) is 0 Å². The van der Waals surface area contributed by atoms with Crippen molar-refractivity contribution in [3.63, 3.8) is 0 Å². The third kappa shape index (κ3) is 3.89. The van der Waals surface area contributed by atoms with Gasteiger partial charge in [0, 0.05) is 6.07 Å². The molecule has 0 spiro atoms. The van der Waals surface area contributed by atoms with Crippen molar-refractivity contribution in [2.24, 2.45) is 0 Å². The van der Waals surface area contributed by atoms with Crippen LogP contribution in [0.25, 0.3) is 0 Å². The second-order valence-electron chi connectivity index (χ2n) is 6.21. The number of anilines is 1. The Bertz CT molecular complexity index is 1020. The highest BCUT2D eigenvalue weighted by Crippen LogP contribution is 2.35. The molecule has 2 aromatic rings. The molecule has 0 unspecified atom stereocenters. The smallest absolute Gasteiger partial charge is 0.268 e. The van der Waals surface area contributed by atoms with E-state index >= 15 is 0 Å². The molecule has 0 saturated carbocycles. The summed E-state index contributed by atoms with van der Waals surface area (Å²) in [6.45, 7) is 0. The molecule has 1 saturated heterocycles. The number of nitrogens with zero attached hydrogens (tertiary/aromatic N) is 1. The number of sulfonamides is 1. The summed E-state index contributed by atoms with van der Waals surface area (Å²) in [5, 5.41) is 0. The molecule has 1 aliphatic rings. The van der Waals surface area contributed by atoms with Gasteiger partial charge in [-0.1, -0.05) is 18.2 Å². The fourth-order valence-electron chi connectivity index (χ4n) is 3.18. The molecule has 0 N–H and O–H groups in total. The Morgan fingerprint density at radius 1 is 1.04 bits per heavy atom. The first-order valence-corrected chi connectivity index (χ1v) is 11.6. The molecule has 1 fully saturated rings. The monoisotopic (exact) mass is 411 g/mol. The topological polar surface area (TPSA) is 90.0 Å². The molecule has 3 rings (SSSR count). The average molecular weight is 412 g/mol. The van der Waals surface area contributed by atoms with E-state index in [9.17, 15) is 16.8 Å². The number of para-hydroxylation sites is 1. The Morgan fingerprint density at radius 2 is 1.74 bits per heavy atom. The first-order chi connectivity index (χ1) is 12.8. The summed E-state index contributed by atoms with van der Waals surface area (Å²) in [4.78, 5) is -0.0426.